The second kappa shape index (κ2) is 11.2. The summed E-state index contributed by atoms with van der Waals surface area (Å²) in [6.07, 6.45) is -6.55. The number of nitrogens with zero attached hydrogens (tertiary/aromatic N) is 3. The van der Waals surface area contributed by atoms with Gasteiger partial charge in [-0.15, -0.1) is 5.10 Å². The molecule has 0 fully saturated rings. The Hall–Kier alpha value is -3.29. The lowest BCUT2D eigenvalue weighted by Crippen LogP contribution is -2.49. The molecule has 38 heavy (non-hydrogen) atoms. The van der Waals surface area contributed by atoms with E-state index in [0.29, 0.717) is 0 Å². The molecule has 2 aromatic rings. The number of anilines is 2. The number of hydrogen-bond acceptors (Lipinski definition) is 9. The van der Waals surface area contributed by atoms with Crippen molar-refractivity contribution in [3.63, 3.8) is 0 Å². The zero-order chi connectivity index (χ0) is 28.3. The molecule has 1 aromatic carbocycles. The number of sulfonamides is 2. The van der Waals surface area contributed by atoms with E-state index >= 15 is 0 Å². The molecule has 14 nitrogen and oxygen atoms in total. The molecule has 0 spiro atoms. The second-order valence-electron chi connectivity index (χ2n) is 7.84. The molecule has 3 rings (SSSR count). The van der Waals surface area contributed by atoms with Gasteiger partial charge in [0.2, 0.25) is 10.0 Å². The molecule has 1 amide bonds. The molecular weight excluding hydrogens is 563 g/mol. The highest BCUT2D eigenvalue weighted by molar-refractivity contribution is 7.93. The van der Waals surface area contributed by atoms with E-state index in [0.717, 1.165) is 16.6 Å². The number of amides is 1. The quantitative estimate of drug-likeness (QED) is 0.293. The van der Waals surface area contributed by atoms with Crippen LogP contribution in [-0.2, 0) is 26.6 Å². The van der Waals surface area contributed by atoms with Gasteiger partial charge >= 0.3 is 12.3 Å². The number of rotatable bonds is 11. The van der Waals surface area contributed by atoms with Gasteiger partial charge < -0.3 is 19.7 Å². The summed E-state index contributed by atoms with van der Waals surface area (Å²) in [6, 6.07) is 3.63. The number of carboxylic acid groups (broad SMARTS) is 1. The van der Waals surface area contributed by atoms with Crippen LogP contribution in [0.25, 0.3) is 0 Å². The van der Waals surface area contributed by atoms with Gasteiger partial charge in [-0.25, -0.2) is 26.4 Å². The first kappa shape index (κ1) is 29.3. The lowest BCUT2D eigenvalue weighted by Gasteiger charge is -2.35. The van der Waals surface area contributed by atoms with E-state index in [9.17, 15) is 34.8 Å². The van der Waals surface area contributed by atoms with Gasteiger partial charge in [-0.2, -0.15) is 13.2 Å². The van der Waals surface area contributed by atoms with E-state index in [1.165, 1.54) is 16.8 Å². The maximum Gasteiger partial charge on any atom is 0.409 e. The molecular formula is C19H24F3N5O9S2. The third-order valence-corrected chi connectivity index (χ3v) is 8.02. The third-order valence-electron chi connectivity index (χ3n) is 4.95. The van der Waals surface area contributed by atoms with Gasteiger partial charge in [-0.3, -0.25) is 14.3 Å². The van der Waals surface area contributed by atoms with Crippen molar-refractivity contribution in [3.8, 4) is 11.6 Å². The highest BCUT2D eigenvalue weighted by atomic mass is 32.2. The van der Waals surface area contributed by atoms with Crippen LogP contribution in [0.15, 0.2) is 29.3 Å². The normalized spacial score (nSPS) is 16.0. The number of benzene rings is 1. The van der Waals surface area contributed by atoms with Crippen LogP contribution in [0.5, 0.6) is 11.6 Å². The topological polar surface area (TPSA) is 189 Å². The summed E-state index contributed by atoms with van der Waals surface area (Å²) in [5.41, 5.74) is -0.159. The molecule has 4 N–H and O–H groups in total. The smallest absolute Gasteiger partial charge is 0.409 e. The number of aliphatic hydroxyl groups is 1. The van der Waals surface area contributed by atoms with Crippen molar-refractivity contribution in [1.82, 2.24) is 14.5 Å². The van der Waals surface area contributed by atoms with Crippen molar-refractivity contribution in [2.75, 3.05) is 41.7 Å². The molecule has 0 aliphatic carbocycles. The molecule has 0 bridgehead atoms. The van der Waals surface area contributed by atoms with Crippen molar-refractivity contribution >= 4 is 37.5 Å². The average molecular weight is 588 g/mol. The lowest BCUT2D eigenvalue weighted by atomic mass is 10.2. The molecule has 19 heteroatoms. The Morgan fingerprint density at radius 3 is 2.61 bits per heavy atom. The Bertz CT molecular complexity index is 1380. The second-order valence-corrected chi connectivity index (χ2v) is 11.5. The number of fused-ring (bicyclic) bond motifs is 1. The predicted octanol–water partition coefficient (Wildman–Crippen LogP) is 0.802. The third kappa shape index (κ3) is 7.17. The van der Waals surface area contributed by atoms with E-state index in [4.69, 9.17) is 19.7 Å². The van der Waals surface area contributed by atoms with Crippen LogP contribution in [0.4, 0.5) is 29.3 Å². The molecule has 1 aromatic heterocycles. The number of halogens is 3. The summed E-state index contributed by atoms with van der Waals surface area (Å²) >= 11 is 0. The maximum absolute atomic E-state index is 13.8. The molecule has 0 saturated carbocycles. The fourth-order valence-corrected chi connectivity index (χ4v) is 5.97. The summed E-state index contributed by atoms with van der Waals surface area (Å²) in [6.45, 7) is -0.0716. The molecule has 0 saturated heterocycles. The Morgan fingerprint density at radius 2 is 2.00 bits per heavy atom. The highest BCUT2D eigenvalue weighted by Crippen LogP contribution is 2.40. The van der Waals surface area contributed by atoms with E-state index in [1.54, 1.807) is 11.6 Å². The van der Waals surface area contributed by atoms with E-state index in [1.807, 2.05) is 0 Å². The summed E-state index contributed by atoms with van der Waals surface area (Å²) in [5.74, 6) is -2.59. The first-order chi connectivity index (χ1) is 17.6. The molecule has 2 heterocycles. The maximum atomic E-state index is 13.8. The van der Waals surface area contributed by atoms with Crippen LogP contribution in [0.3, 0.4) is 0 Å². The predicted molar refractivity (Wildman–Crippen MR) is 125 cm³/mol. The zero-order valence-electron chi connectivity index (χ0n) is 19.7. The van der Waals surface area contributed by atoms with Gasteiger partial charge in [-0.1, -0.05) is 0 Å². The number of hydrogen-bond donors (Lipinski definition) is 4. The number of aliphatic hydroxyl groups excluding tert-OH is 1. The fraction of sp³-hybridized carbons (Fsp3) is 0.474. The summed E-state index contributed by atoms with van der Waals surface area (Å²) in [4.78, 5) is 10.7. The number of carbonyl (C=O) groups is 1. The van der Waals surface area contributed by atoms with Crippen molar-refractivity contribution in [2.24, 2.45) is 0 Å². The van der Waals surface area contributed by atoms with Crippen molar-refractivity contribution < 1.29 is 54.5 Å². The van der Waals surface area contributed by atoms with Crippen molar-refractivity contribution in [3.05, 3.63) is 24.4 Å². The molecule has 1 aliphatic rings. The first-order valence-corrected chi connectivity index (χ1v) is 13.9. The first-order valence-electron chi connectivity index (χ1n) is 10.8. The van der Waals surface area contributed by atoms with E-state index in [2.05, 4.69) is 10.4 Å². The van der Waals surface area contributed by atoms with E-state index in [-0.39, 0.29) is 36.2 Å². The van der Waals surface area contributed by atoms with Gasteiger partial charge in [0.05, 0.1) is 18.8 Å². The standard InChI is InChI=1S/C19H24F3N5O9S2/c1-2-26-10-16(17(25-26)35-6-5-28)38(33,34)27-9-13(8-23-37(31,32)11-19(20,21)22)36-15-4-3-12(7-14(15)27)24-18(29)30/h3-4,7,10,13,23-24,28H,2,5-6,8-9,11H2,1H3,(H,29,30). The van der Waals surface area contributed by atoms with Crippen LogP contribution >= 0.6 is 0 Å². The van der Waals surface area contributed by atoms with E-state index < -0.39 is 68.8 Å². The van der Waals surface area contributed by atoms with Crippen molar-refractivity contribution in [1.29, 1.82) is 0 Å². The lowest BCUT2D eigenvalue weighted by molar-refractivity contribution is -0.106. The molecule has 1 unspecified atom stereocenters. The minimum atomic E-state index is -5.00. The fourth-order valence-electron chi connectivity index (χ4n) is 3.42. The number of alkyl halides is 3. The van der Waals surface area contributed by atoms with Crippen LogP contribution < -0.4 is 23.8 Å². The van der Waals surface area contributed by atoms with Crippen LogP contribution in [0.2, 0.25) is 0 Å². The zero-order valence-corrected chi connectivity index (χ0v) is 21.3. The minimum absolute atomic E-state index is 0.0228. The number of ether oxygens (including phenoxy) is 2. The van der Waals surface area contributed by atoms with Crippen LogP contribution in [0, 0.1) is 0 Å². The number of aromatic nitrogens is 2. The van der Waals surface area contributed by atoms with Gasteiger partial charge in [0.25, 0.3) is 15.9 Å². The Kier molecular flexibility index (Phi) is 8.64. The molecule has 1 aliphatic heterocycles. The van der Waals surface area contributed by atoms with Crippen molar-refractivity contribution in [2.45, 2.75) is 30.6 Å². The number of aryl methyl sites for hydroxylation is 1. The summed E-state index contributed by atoms with van der Waals surface area (Å²) in [7, 11) is -9.37. The van der Waals surface area contributed by atoms with Crippen LogP contribution in [-0.4, -0.2) is 87.3 Å². The molecule has 212 valence electrons. The number of nitrogens with one attached hydrogen (secondary N) is 2. The monoisotopic (exact) mass is 587 g/mol. The van der Waals surface area contributed by atoms with Gasteiger partial charge in [0, 0.05) is 25.0 Å². The van der Waals surface area contributed by atoms with Gasteiger partial charge in [0.1, 0.15) is 18.5 Å². The SMILES string of the molecule is CCn1cc(S(=O)(=O)N2CC(CNS(=O)(=O)CC(F)(F)F)Oc3ccc(NC(=O)O)cc32)c(OCCO)n1. The summed E-state index contributed by atoms with van der Waals surface area (Å²) in [5, 5.41) is 24.2. The minimum Gasteiger partial charge on any atom is -0.485 e. The Labute approximate surface area is 215 Å². The Morgan fingerprint density at radius 1 is 1.29 bits per heavy atom. The van der Waals surface area contributed by atoms with Gasteiger partial charge in [-0.05, 0) is 25.1 Å². The van der Waals surface area contributed by atoms with Gasteiger partial charge in [0.15, 0.2) is 10.6 Å². The largest absolute Gasteiger partial charge is 0.485 e. The molecule has 0 radical (unpaired) electrons. The highest BCUT2D eigenvalue weighted by Gasteiger charge is 2.39. The average Bonchev–Trinajstić information content (AvgIpc) is 3.23. The Balaban J connectivity index is 2.02. The van der Waals surface area contributed by atoms with Crippen LogP contribution in [0.1, 0.15) is 6.92 Å². The molecule has 1 atom stereocenters. The summed E-state index contributed by atoms with van der Waals surface area (Å²) < 4.78 is 104.